The average Bonchev–Trinajstić information content (AvgIpc) is 2.14. The van der Waals surface area contributed by atoms with Crippen LogP contribution in [-0.4, -0.2) is 63.8 Å². The lowest BCUT2D eigenvalue weighted by atomic mass is 10.4. The van der Waals surface area contributed by atoms with E-state index in [1.807, 2.05) is 0 Å². The number of carboxylic acid groups (broad SMARTS) is 1. The molecule has 0 aliphatic carbocycles. The predicted octanol–water partition coefficient (Wildman–Crippen LogP) is -2.05. The van der Waals surface area contributed by atoms with Gasteiger partial charge in [0.25, 0.3) is 0 Å². The van der Waals surface area contributed by atoms with Crippen LogP contribution in [0.25, 0.3) is 0 Å². The van der Waals surface area contributed by atoms with Gasteiger partial charge in [0.05, 0.1) is 0 Å². The third-order valence-corrected chi connectivity index (χ3v) is 2.40. The van der Waals surface area contributed by atoms with E-state index in [9.17, 15) is 18.6 Å². The molecule has 17 heavy (non-hydrogen) atoms. The topological polar surface area (TPSA) is 130 Å². The van der Waals surface area contributed by atoms with Crippen molar-refractivity contribution >= 4 is 28.7 Å². The average molecular weight is 265 g/mol. The van der Waals surface area contributed by atoms with Gasteiger partial charge in [0, 0.05) is 29.4 Å². The molecule has 1 unspecified atom stereocenters. The lowest BCUT2D eigenvalue weighted by Gasteiger charge is -2.19. The maximum Gasteiger partial charge on any atom is 0.323 e. The van der Waals surface area contributed by atoms with E-state index in [4.69, 9.17) is 10.8 Å². The summed E-state index contributed by atoms with van der Waals surface area (Å²) in [6.07, 6.45) is 1.48. The highest BCUT2D eigenvalue weighted by molar-refractivity contribution is 7.84. The Morgan fingerprint density at radius 3 is 2.35 bits per heavy atom. The second kappa shape index (κ2) is 7.60. The second-order valence-electron chi connectivity index (χ2n) is 3.23. The van der Waals surface area contributed by atoms with Crippen molar-refractivity contribution in [2.45, 2.75) is 0 Å². The van der Waals surface area contributed by atoms with Gasteiger partial charge in [0.15, 0.2) is 0 Å². The summed E-state index contributed by atoms with van der Waals surface area (Å²) in [4.78, 5) is 33.3. The SMILES string of the molecule is CS(=O)CCNC(=O)N(CC(N)=O)CC(=O)O. The molecule has 0 spiro atoms. The minimum atomic E-state index is -1.25. The maximum absolute atomic E-state index is 11.4. The molecule has 98 valence electrons. The number of hydrogen-bond donors (Lipinski definition) is 3. The number of hydrogen-bond acceptors (Lipinski definition) is 4. The zero-order valence-corrected chi connectivity index (χ0v) is 10.2. The molecular weight excluding hydrogens is 250 g/mol. The fourth-order valence-corrected chi connectivity index (χ4v) is 1.35. The molecule has 8 nitrogen and oxygen atoms in total. The van der Waals surface area contributed by atoms with Crippen molar-refractivity contribution in [2.75, 3.05) is 31.6 Å². The first-order valence-corrected chi connectivity index (χ1v) is 6.38. The van der Waals surface area contributed by atoms with Crippen LogP contribution in [0.3, 0.4) is 0 Å². The van der Waals surface area contributed by atoms with Crippen LogP contribution in [0, 0.1) is 0 Å². The Hall–Kier alpha value is -1.64. The number of aliphatic carboxylic acids is 1. The maximum atomic E-state index is 11.4. The van der Waals surface area contributed by atoms with Crippen molar-refractivity contribution < 1.29 is 23.7 Å². The summed E-state index contributed by atoms with van der Waals surface area (Å²) in [5.74, 6) is -1.80. The summed E-state index contributed by atoms with van der Waals surface area (Å²) in [6.45, 7) is -0.964. The number of nitrogens with one attached hydrogen (secondary N) is 1. The number of carboxylic acids is 1. The first-order valence-electron chi connectivity index (χ1n) is 4.65. The number of carbonyl (C=O) groups excluding carboxylic acids is 2. The van der Waals surface area contributed by atoms with Gasteiger partial charge in [-0.25, -0.2) is 4.79 Å². The molecule has 0 rings (SSSR count). The van der Waals surface area contributed by atoms with Crippen molar-refractivity contribution in [2.24, 2.45) is 5.73 Å². The van der Waals surface area contributed by atoms with Gasteiger partial charge in [-0.3, -0.25) is 13.8 Å². The van der Waals surface area contributed by atoms with Crippen molar-refractivity contribution in [3.8, 4) is 0 Å². The Bertz CT molecular complexity index is 317. The summed E-state index contributed by atoms with van der Waals surface area (Å²) in [5.41, 5.74) is 4.88. The van der Waals surface area contributed by atoms with E-state index in [0.29, 0.717) is 0 Å². The van der Waals surface area contributed by atoms with Crippen LogP contribution < -0.4 is 11.1 Å². The molecule has 0 aliphatic heterocycles. The van der Waals surface area contributed by atoms with Crippen molar-refractivity contribution in [1.29, 1.82) is 0 Å². The summed E-state index contributed by atoms with van der Waals surface area (Å²) in [5, 5.41) is 10.9. The van der Waals surface area contributed by atoms with Gasteiger partial charge in [-0.1, -0.05) is 0 Å². The fraction of sp³-hybridized carbons (Fsp3) is 0.625. The standard InChI is InChI=1S/C8H15N3O5S/c1-17(16)3-2-10-8(15)11(4-6(9)12)5-7(13)14/h2-5H2,1H3,(H2,9,12)(H,10,15)(H,13,14). The van der Waals surface area contributed by atoms with Crippen molar-refractivity contribution in [1.82, 2.24) is 10.2 Å². The van der Waals surface area contributed by atoms with Crippen molar-refractivity contribution in [3.63, 3.8) is 0 Å². The summed E-state index contributed by atoms with van der Waals surface area (Å²) in [7, 11) is -1.06. The summed E-state index contributed by atoms with van der Waals surface area (Å²) >= 11 is 0. The van der Waals surface area contributed by atoms with E-state index in [2.05, 4.69) is 5.32 Å². The Labute approximate surface area is 101 Å². The van der Waals surface area contributed by atoms with E-state index in [1.54, 1.807) is 0 Å². The van der Waals surface area contributed by atoms with Gasteiger partial charge in [0.1, 0.15) is 13.1 Å². The fourth-order valence-electron chi connectivity index (χ4n) is 0.964. The van der Waals surface area contributed by atoms with Gasteiger partial charge in [0.2, 0.25) is 5.91 Å². The van der Waals surface area contributed by atoms with Gasteiger partial charge >= 0.3 is 12.0 Å². The molecule has 0 heterocycles. The Morgan fingerprint density at radius 2 is 1.94 bits per heavy atom. The molecule has 3 amide bonds. The van der Waals surface area contributed by atoms with E-state index in [0.717, 1.165) is 4.90 Å². The highest BCUT2D eigenvalue weighted by Crippen LogP contribution is 1.89. The molecule has 0 aromatic rings. The van der Waals surface area contributed by atoms with Gasteiger partial charge < -0.3 is 21.1 Å². The molecule has 0 aromatic carbocycles. The first-order chi connectivity index (χ1) is 7.82. The Kier molecular flexibility index (Phi) is 6.87. The molecule has 0 saturated heterocycles. The third-order valence-electron chi connectivity index (χ3n) is 1.63. The molecule has 0 aromatic heterocycles. The number of rotatable bonds is 7. The van der Waals surface area contributed by atoms with Crippen LogP contribution in [-0.2, 0) is 20.4 Å². The quantitative estimate of drug-likeness (QED) is 0.487. The molecule has 9 heteroatoms. The number of primary amides is 1. The third kappa shape index (κ3) is 8.20. The highest BCUT2D eigenvalue weighted by Gasteiger charge is 2.18. The number of urea groups is 1. The summed E-state index contributed by atoms with van der Waals surface area (Å²) < 4.78 is 10.7. The van der Waals surface area contributed by atoms with Gasteiger partial charge in [-0.15, -0.1) is 0 Å². The van der Waals surface area contributed by atoms with Crippen LogP contribution in [0.5, 0.6) is 0 Å². The Morgan fingerprint density at radius 1 is 1.35 bits per heavy atom. The minimum absolute atomic E-state index is 0.136. The minimum Gasteiger partial charge on any atom is -0.480 e. The molecule has 0 aliphatic rings. The largest absolute Gasteiger partial charge is 0.480 e. The first kappa shape index (κ1) is 15.4. The van der Waals surface area contributed by atoms with Crippen LogP contribution in [0.4, 0.5) is 4.79 Å². The number of nitrogens with two attached hydrogens (primary N) is 1. The van der Waals surface area contributed by atoms with Crippen molar-refractivity contribution in [3.05, 3.63) is 0 Å². The van der Waals surface area contributed by atoms with E-state index < -0.39 is 41.8 Å². The van der Waals surface area contributed by atoms with Gasteiger partial charge in [-0.05, 0) is 0 Å². The monoisotopic (exact) mass is 265 g/mol. The molecule has 0 fully saturated rings. The summed E-state index contributed by atoms with van der Waals surface area (Å²) in [6, 6.07) is -0.725. The van der Waals surface area contributed by atoms with Crippen LogP contribution in [0.1, 0.15) is 0 Å². The number of carbonyl (C=O) groups is 3. The zero-order chi connectivity index (χ0) is 13.4. The normalized spacial score (nSPS) is 11.6. The molecule has 0 saturated carbocycles. The second-order valence-corrected chi connectivity index (χ2v) is 4.78. The van der Waals surface area contributed by atoms with Crippen LogP contribution >= 0.6 is 0 Å². The van der Waals surface area contributed by atoms with Crippen LogP contribution in [0.2, 0.25) is 0 Å². The van der Waals surface area contributed by atoms with Crippen LogP contribution in [0.15, 0.2) is 0 Å². The lowest BCUT2D eigenvalue weighted by molar-refractivity contribution is -0.137. The highest BCUT2D eigenvalue weighted by atomic mass is 32.2. The zero-order valence-electron chi connectivity index (χ0n) is 9.34. The predicted molar refractivity (Wildman–Crippen MR) is 60.7 cm³/mol. The molecule has 0 bridgehead atoms. The van der Waals surface area contributed by atoms with E-state index in [-0.39, 0.29) is 12.3 Å². The van der Waals surface area contributed by atoms with E-state index in [1.165, 1.54) is 6.26 Å². The molecule has 0 radical (unpaired) electrons. The molecule has 1 atom stereocenters. The molecular formula is C8H15N3O5S. The van der Waals surface area contributed by atoms with E-state index >= 15 is 0 Å². The smallest absolute Gasteiger partial charge is 0.323 e. The number of amides is 3. The lowest BCUT2D eigenvalue weighted by Crippen LogP contribution is -2.47. The van der Waals surface area contributed by atoms with Gasteiger partial charge in [-0.2, -0.15) is 0 Å². The number of nitrogens with zero attached hydrogens (tertiary/aromatic N) is 1. The Balaban J connectivity index is 4.26. The molecule has 4 N–H and O–H groups in total.